The quantitative estimate of drug-likeness (QED) is 0.837. The van der Waals surface area contributed by atoms with E-state index in [1.54, 1.807) is 18.4 Å². The molecule has 3 rings (SSSR count). The molecule has 7 heteroatoms. The summed E-state index contributed by atoms with van der Waals surface area (Å²) in [4.78, 5) is 16.4. The van der Waals surface area contributed by atoms with Crippen molar-refractivity contribution in [3.63, 3.8) is 0 Å². The van der Waals surface area contributed by atoms with Crippen LogP contribution in [0.25, 0.3) is 11.5 Å². The number of rotatable bonds is 6. The zero-order chi connectivity index (χ0) is 16.2. The van der Waals surface area contributed by atoms with Crippen molar-refractivity contribution >= 4 is 18.3 Å². The summed E-state index contributed by atoms with van der Waals surface area (Å²) in [6.07, 6.45) is 2.18. The predicted molar refractivity (Wildman–Crippen MR) is 91.4 cm³/mol. The fourth-order valence-electron chi connectivity index (χ4n) is 2.50. The molecule has 0 radical (unpaired) electrons. The molecular weight excluding hydrogens is 333 g/mol. The van der Waals surface area contributed by atoms with Gasteiger partial charge >= 0.3 is 0 Å². The minimum Gasteiger partial charge on any atom is -0.444 e. The first-order chi connectivity index (χ1) is 11.1. The van der Waals surface area contributed by atoms with Crippen LogP contribution in [0.2, 0.25) is 0 Å². The van der Waals surface area contributed by atoms with Crippen LogP contribution in [0, 0.1) is 17.7 Å². The molecule has 130 valence electrons. The highest BCUT2D eigenvalue weighted by Crippen LogP contribution is 2.19. The molecule has 2 heterocycles. The highest BCUT2D eigenvalue weighted by molar-refractivity contribution is 5.85. The Morgan fingerprint density at radius 3 is 2.75 bits per heavy atom. The Labute approximate surface area is 146 Å². The largest absolute Gasteiger partial charge is 0.444 e. The normalized spacial score (nSPS) is 15.2. The van der Waals surface area contributed by atoms with Crippen LogP contribution in [0.1, 0.15) is 12.6 Å². The van der Waals surface area contributed by atoms with Gasteiger partial charge in [0.05, 0.1) is 5.69 Å². The third-order valence-corrected chi connectivity index (χ3v) is 4.26. The molecule has 1 saturated heterocycles. The van der Waals surface area contributed by atoms with Gasteiger partial charge in [0.2, 0.25) is 11.8 Å². The van der Waals surface area contributed by atoms with Crippen molar-refractivity contribution in [2.24, 2.45) is 11.8 Å². The number of carbonyl (C=O) groups is 1. The van der Waals surface area contributed by atoms with Crippen LogP contribution >= 0.6 is 12.4 Å². The molecule has 5 nitrogen and oxygen atoms in total. The Bertz CT molecular complexity index is 671. The van der Waals surface area contributed by atoms with Crippen molar-refractivity contribution in [2.45, 2.75) is 13.3 Å². The van der Waals surface area contributed by atoms with E-state index in [0.717, 1.165) is 24.3 Å². The molecule has 2 aromatic rings. The molecule has 24 heavy (non-hydrogen) atoms. The summed E-state index contributed by atoms with van der Waals surface area (Å²) < 4.78 is 18.3. The van der Waals surface area contributed by atoms with Crippen molar-refractivity contribution in [2.75, 3.05) is 19.6 Å². The number of halogens is 2. The molecule has 1 unspecified atom stereocenters. The first-order valence-corrected chi connectivity index (χ1v) is 7.82. The van der Waals surface area contributed by atoms with Crippen molar-refractivity contribution in [1.29, 1.82) is 0 Å². The van der Waals surface area contributed by atoms with E-state index in [1.807, 2.05) is 6.92 Å². The average molecular weight is 354 g/mol. The van der Waals surface area contributed by atoms with Gasteiger partial charge in [-0.05, 0) is 43.3 Å². The Morgan fingerprint density at radius 2 is 2.12 bits per heavy atom. The molecule has 1 amide bonds. The topological polar surface area (TPSA) is 67.2 Å². The van der Waals surface area contributed by atoms with E-state index < -0.39 is 0 Å². The van der Waals surface area contributed by atoms with Gasteiger partial charge in [-0.3, -0.25) is 4.79 Å². The minimum atomic E-state index is -0.293. The van der Waals surface area contributed by atoms with E-state index in [2.05, 4.69) is 15.6 Å². The Hall–Kier alpha value is -1.92. The summed E-state index contributed by atoms with van der Waals surface area (Å²) in [6, 6.07) is 5.99. The number of nitrogens with one attached hydrogen (secondary N) is 2. The first kappa shape index (κ1) is 18.4. The van der Waals surface area contributed by atoms with Gasteiger partial charge in [0.1, 0.15) is 12.1 Å². The number of carbonyl (C=O) groups excluding carboxylic acids is 1. The van der Waals surface area contributed by atoms with Crippen LogP contribution in [0.15, 0.2) is 34.9 Å². The van der Waals surface area contributed by atoms with E-state index in [-0.39, 0.29) is 30.0 Å². The lowest BCUT2D eigenvalue weighted by atomic mass is 9.88. The summed E-state index contributed by atoms with van der Waals surface area (Å²) in [5, 5.41) is 6.11. The Morgan fingerprint density at radius 1 is 1.42 bits per heavy atom. The van der Waals surface area contributed by atoms with Gasteiger partial charge < -0.3 is 15.1 Å². The summed E-state index contributed by atoms with van der Waals surface area (Å²) in [5.41, 5.74) is 1.50. The maximum Gasteiger partial charge on any atom is 0.226 e. The zero-order valence-corrected chi connectivity index (χ0v) is 14.2. The molecule has 0 bridgehead atoms. The number of hydrogen-bond acceptors (Lipinski definition) is 4. The number of hydrogen-bond donors (Lipinski definition) is 2. The number of amides is 1. The van der Waals surface area contributed by atoms with Crippen LogP contribution in [0.3, 0.4) is 0 Å². The first-order valence-electron chi connectivity index (χ1n) is 7.82. The van der Waals surface area contributed by atoms with E-state index in [9.17, 15) is 9.18 Å². The number of oxazole rings is 1. The lowest BCUT2D eigenvalue weighted by molar-refractivity contribution is -0.126. The molecule has 1 fully saturated rings. The lowest BCUT2D eigenvalue weighted by Gasteiger charge is -2.31. The van der Waals surface area contributed by atoms with Gasteiger partial charge in [0.25, 0.3) is 0 Å². The van der Waals surface area contributed by atoms with E-state index in [0.29, 0.717) is 24.8 Å². The lowest BCUT2D eigenvalue weighted by Crippen LogP contribution is -2.49. The van der Waals surface area contributed by atoms with Gasteiger partial charge in [0.15, 0.2) is 0 Å². The van der Waals surface area contributed by atoms with Crippen LogP contribution in [0.4, 0.5) is 4.39 Å². The van der Waals surface area contributed by atoms with E-state index >= 15 is 0 Å². The molecule has 1 aliphatic rings. The summed E-state index contributed by atoms with van der Waals surface area (Å²) in [6.45, 7) is 4.32. The zero-order valence-electron chi connectivity index (χ0n) is 13.4. The summed E-state index contributed by atoms with van der Waals surface area (Å²) in [7, 11) is 0. The highest BCUT2D eigenvalue weighted by atomic mass is 35.5. The predicted octanol–water partition coefficient (Wildman–Crippen LogP) is 2.42. The molecule has 0 saturated carbocycles. The summed E-state index contributed by atoms with van der Waals surface area (Å²) >= 11 is 0. The molecule has 1 aliphatic heterocycles. The van der Waals surface area contributed by atoms with Crippen molar-refractivity contribution < 1.29 is 13.6 Å². The third-order valence-electron chi connectivity index (χ3n) is 4.26. The standard InChI is InChI=1S/C17H20FN3O2.ClH/c1-11(13-8-19-9-13)16(22)20-7-6-15-10-23-17(21-15)12-2-4-14(18)5-3-12;/h2-5,10-11,13,19H,6-9H2,1H3,(H,20,22);1H. The molecular formula is C17H21ClFN3O2. The fraction of sp³-hybridized carbons (Fsp3) is 0.412. The molecule has 2 N–H and O–H groups in total. The second kappa shape index (κ2) is 8.26. The van der Waals surface area contributed by atoms with Crippen molar-refractivity contribution in [1.82, 2.24) is 15.6 Å². The number of benzene rings is 1. The maximum absolute atomic E-state index is 12.9. The van der Waals surface area contributed by atoms with Crippen LogP contribution < -0.4 is 10.6 Å². The molecule has 0 aliphatic carbocycles. The van der Waals surface area contributed by atoms with Crippen molar-refractivity contribution in [3.05, 3.63) is 42.0 Å². The molecule has 1 atom stereocenters. The van der Waals surface area contributed by atoms with Gasteiger partial charge in [0, 0.05) is 24.4 Å². The van der Waals surface area contributed by atoms with Crippen molar-refractivity contribution in [3.8, 4) is 11.5 Å². The summed E-state index contributed by atoms with van der Waals surface area (Å²) in [5.74, 6) is 0.716. The van der Waals surface area contributed by atoms with Gasteiger partial charge in [-0.15, -0.1) is 12.4 Å². The SMILES string of the molecule is CC(C(=O)NCCc1coc(-c2ccc(F)cc2)n1)C1CNC1.Cl. The Kier molecular flexibility index (Phi) is 6.34. The highest BCUT2D eigenvalue weighted by Gasteiger charge is 2.28. The second-order valence-electron chi connectivity index (χ2n) is 5.90. The van der Waals surface area contributed by atoms with E-state index in [4.69, 9.17) is 4.42 Å². The molecule has 0 spiro atoms. The van der Waals surface area contributed by atoms with Gasteiger partial charge in [-0.2, -0.15) is 0 Å². The fourth-order valence-corrected chi connectivity index (χ4v) is 2.50. The number of aromatic nitrogens is 1. The monoisotopic (exact) mass is 353 g/mol. The molecule has 1 aromatic heterocycles. The second-order valence-corrected chi connectivity index (χ2v) is 5.90. The van der Waals surface area contributed by atoms with Crippen LogP contribution in [-0.2, 0) is 11.2 Å². The minimum absolute atomic E-state index is 0. The number of nitrogens with zero attached hydrogens (tertiary/aromatic N) is 1. The smallest absolute Gasteiger partial charge is 0.226 e. The van der Waals surface area contributed by atoms with Gasteiger partial charge in [-0.1, -0.05) is 6.92 Å². The maximum atomic E-state index is 12.9. The molecule has 1 aromatic carbocycles. The Balaban J connectivity index is 0.00000208. The van der Waals surface area contributed by atoms with Crippen LogP contribution in [0.5, 0.6) is 0 Å². The van der Waals surface area contributed by atoms with Crippen LogP contribution in [-0.4, -0.2) is 30.5 Å². The van der Waals surface area contributed by atoms with E-state index in [1.165, 1.54) is 12.1 Å². The third kappa shape index (κ3) is 4.33. The van der Waals surface area contributed by atoms with Gasteiger partial charge in [-0.25, -0.2) is 9.37 Å². The average Bonchev–Trinajstić information content (AvgIpc) is 2.95.